The van der Waals surface area contributed by atoms with Gasteiger partial charge in [0.2, 0.25) is 5.91 Å². The van der Waals surface area contributed by atoms with E-state index in [4.69, 9.17) is 32.7 Å². The zero-order valence-corrected chi connectivity index (χ0v) is 20.5. The molecule has 7 nitrogen and oxygen atoms in total. The lowest BCUT2D eigenvalue weighted by Gasteiger charge is -2.25. The topological polar surface area (TPSA) is 84.9 Å². The molecule has 3 aromatic rings. The third kappa shape index (κ3) is 5.71. The van der Waals surface area contributed by atoms with Crippen molar-refractivity contribution in [3.8, 4) is 11.5 Å². The number of amides is 1. The third-order valence-electron chi connectivity index (χ3n) is 4.72. The molecule has 0 spiro atoms. The molecular formula is C23H22Cl2N2O5S. The highest BCUT2D eigenvalue weighted by Crippen LogP contribution is 2.34. The molecule has 1 amide bonds. The summed E-state index contributed by atoms with van der Waals surface area (Å²) in [6.07, 6.45) is 0. The number of hydrogen-bond donors (Lipinski definition) is 1. The molecule has 0 heterocycles. The Balaban J connectivity index is 2.03. The molecule has 0 bridgehead atoms. The van der Waals surface area contributed by atoms with E-state index in [2.05, 4.69) is 5.32 Å². The van der Waals surface area contributed by atoms with E-state index in [9.17, 15) is 13.2 Å². The van der Waals surface area contributed by atoms with E-state index in [0.717, 1.165) is 4.31 Å². The van der Waals surface area contributed by atoms with Gasteiger partial charge in [-0.05, 0) is 55.0 Å². The molecule has 3 aromatic carbocycles. The molecule has 0 aliphatic heterocycles. The number of rotatable bonds is 8. The molecule has 0 radical (unpaired) electrons. The summed E-state index contributed by atoms with van der Waals surface area (Å²) in [4.78, 5) is 12.8. The lowest BCUT2D eigenvalue weighted by atomic mass is 10.2. The summed E-state index contributed by atoms with van der Waals surface area (Å²) in [6, 6.07) is 15.8. The Labute approximate surface area is 202 Å². The Bertz CT molecular complexity index is 1280. The number of sulfonamides is 1. The molecule has 0 saturated heterocycles. The van der Waals surface area contributed by atoms with Crippen molar-refractivity contribution in [1.29, 1.82) is 0 Å². The number of benzene rings is 3. The maximum Gasteiger partial charge on any atom is 0.268 e. The van der Waals surface area contributed by atoms with Gasteiger partial charge in [0, 0.05) is 11.8 Å². The van der Waals surface area contributed by atoms with E-state index >= 15 is 0 Å². The number of ether oxygens (including phenoxy) is 2. The summed E-state index contributed by atoms with van der Waals surface area (Å²) in [5, 5.41) is 3.10. The third-order valence-corrected chi connectivity index (χ3v) is 7.25. The van der Waals surface area contributed by atoms with Crippen molar-refractivity contribution >= 4 is 50.5 Å². The van der Waals surface area contributed by atoms with Gasteiger partial charge >= 0.3 is 0 Å². The lowest BCUT2D eigenvalue weighted by Crippen LogP contribution is -2.38. The van der Waals surface area contributed by atoms with Crippen LogP contribution in [0.3, 0.4) is 0 Å². The highest BCUT2D eigenvalue weighted by molar-refractivity contribution is 7.93. The van der Waals surface area contributed by atoms with Crippen LogP contribution in [0.15, 0.2) is 65.6 Å². The van der Waals surface area contributed by atoms with Crippen molar-refractivity contribution in [2.24, 2.45) is 0 Å². The van der Waals surface area contributed by atoms with E-state index < -0.39 is 22.5 Å². The molecular weight excluding hydrogens is 487 g/mol. The van der Waals surface area contributed by atoms with Crippen molar-refractivity contribution in [2.45, 2.75) is 11.8 Å². The summed E-state index contributed by atoms with van der Waals surface area (Å²) in [7, 11) is -1.34. The van der Waals surface area contributed by atoms with Gasteiger partial charge in [0.05, 0.1) is 30.0 Å². The van der Waals surface area contributed by atoms with Gasteiger partial charge in [-0.15, -0.1) is 0 Å². The highest BCUT2D eigenvalue weighted by atomic mass is 35.5. The molecule has 0 unspecified atom stereocenters. The van der Waals surface area contributed by atoms with Gasteiger partial charge < -0.3 is 14.8 Å². The Morgan fingerprint density at radius 2 is 1.73 bits per heavy atom. The van der Waals surface area contributed by atoms with Gasteiger partial charge in [0.25, 0.3) is 10.0 Å². The number of carbonyl (C=O) groups excluding carboxylic acids is 1. The van der Waals surface area contributed by atoms with E-state index in [-0.39, 0.29) is 26.4 Å². The molecule has 0 aromatic heterocycles. The Morgan fingerprint density at radius 1 is 0.970 bits per heavy atom. The van der Waals surface area contributed by atoms with Gasteiger partial charge in [-0.2, -0.15) is 0 Å². The van der Waals surface area contributed by atoms with Gasteiger partial charge in [-0.25, -0.2) is 8.42 Å². The van der Waals surface area contributed by atoms with Gasteiger partial charge in [-0.1, -0.05) is 35.3 Å². The number of nitrogens with one attached hydrogen (secondary N) is 1. The summed E-state index contributed by atoms with van der Waals surface area (Å²) in [5.41, 5.74) is 1.34. The van der Waals surface area contributed by atoms with Crippen LogP contribution < -0.4 is 19.1 Å². The maximum atomic E-state index is 13.7. The molecule has 0 aliphatic carbocycles. The van der Waals surface area contributed by atoms with Crippen LogP contribution in [0.4, 0.5) is 11.4 Å². The fraction of sp³-hybridized carbons (Fsp3) is 0.174. The minimum absolute atomic E-state index is 0.0785. The van der Waals surface area contributed by atoms with Crippen LogP contribution >= 0.6 is 23.2 Å². The zero-order valence-electron chi connectivity index (χ0n) is 18.1. The molecule has 3 rings (SSSR count). The number of methoxy groups -OCH3 is 2. The molecule has 0 fully saturated rings. The average Bonchev–Trinajstić information content (AvgIpc) is 2.79. The van der Waals surface area contributed by atoms with E-state index in [0.29, 0.717) is 17.0 Å². The first-order chi connectivity index (χ1) is 15.6. The van der Waals surface area contributed by atoms with Crippen LogP contribution in [0.1, 0.15) is 5.56 Å². The first-order valence-electron chi connectivity index (χ1n) is 9.72. The van der Waals surface area contributed by atoms with Crippen molar-refractivity contribution in [2.75, 3.05) is 30.4 Å². The van der Waals surface area contributed by atoms with Crippen LogP contribution in [-0.4, -0.2) is 35.1 Å². The normalized spacial score (nSPS) is 11.1. The molecule has 0 atom stereocenters. The minimum Gasteiger partial charge on any atom is -0.497 e. The van der Waals surface area contributed by atoms with Crippen LogP contribution in [0.5, 0.6) is 11.5 Å². The fourth-order valence-electron chi connectivity index (χ4n) is 3.09. The summed E-state index contributed by atoms with van der Waals surface area (Å²) in [6.45, 7) is 1.24. The van der Waals surface area contributed by atoms with Crippen LogP contribution in [0.2, 0.25) is 10.0 Å². The molecule has 33 heavy (non-hydrogen) atoms. The predicted molar refractivity (Wildman–Crippen MR) is 130 cm³/mol. The maximum absolute atomic E-state index is 13.7. The molecule has 10 heteroatoms. The lowest BCUT2D eigenvalue weighted by molar-refractivity contribution is -0.114. The largest absolute Gasteiger partial charge is 0.497 e. The Kier molecular flexibility index (Phi) is 7.73. The summed E-state index contributed by atoms with van der Waals surface area (Å²) >= 11 is 12.2. The second kappa shape index (κ2) is 10.3. The number of aryl methyl sites for hydroxylation is 1. The predicted octanol–water partition coefficient (Wildman–Crippen LogP) is 5.15. The number of halogens is 2. The average molecular weight is 509 g/mol. The number of nitrogens with zero attached hydrogens (tertiary/aromatic N) is 1. The summed E-state index contributed by atoms with van der Waals surface area (Å²) in [5.74, 6) is 0.134. The summed E-state index contributed by atoms with van der Waals surface area (Å²) < 4.78 is 38.8. The second-order valence-electron chi connectivity index (χ2n) is 7.04. The first kappa shape index (κ1) is 24.7. The monoisotopic (exact) mass is 508 g/mol. The number of anilines is 2. The standard InChI is InChI=1S/C23H22Cl2N2O5S/c1-15-7-10-21(32-3)22(11-15)33(29,30)27(17-8-9-19(24)20(25)13-17)14-23(28)26-16-5-4-6-18(12-16)31-2/h4-13H,14H2,1-3H3,(H,26,28). The van der Waals surface area contributed by atoms with Crippen molar-refractivity contribution < 1.29 is 22.7 Å². The zero-order chi connectivity index (χ0) is 24.2. The van der Waals surface area contributed by atoms with E-state index in [1.807, 2.05) is 0 Å². The van der Waals surface area contributed by atoms with Gasteiger partial charge in [0.15, 0.2) is 0 Å². The Hall–Kier alpha value is -2.94. The first-order valence-corrected chi connectivity index (χ1v) is 11.9. The van der Waals surface area contributed by atoms with Crippen molar-refractivity contribution in [3.63, 3.8) is 0 Å². The van der Waals surface area contributed by atoms with Crippen molar-refractivity contribution in [1.82, 2.24) is 0 Å². The fourth-order valence-corrected chi connectivity index (χ4v) is 5.04. The SMILES string of the molecule is COc1cccc(NC(=O)CN(c2ccc(Cl)c(Cl)c2)S(=O)(=O)c2cc(C)ccc2OC)c1. The van der Waals surface area contributed by atoms with Gasteiger partial charge in [0.1, 0.15) is 22.9 Å². The molecule has 174 valence electrons. The van der Waals surface area contributed by atoms with E-state index in [1.165, 1.54) is 38.5 Å². The van der Waals surface area contributed by atoms with E-state index in [1.54, 1.807) is 43.3 Å². The molecule has 0 saturated carbocycles. The van der Waals surface area contributed by atoms with Gasteiger partial charge in [-0.3, -0.25) is 9.10 Å². The smallest absolute Gasteiger partial charge is 0.268 e. The number of hydrogen-bond acceptors (Lipinski definition) is 5. The minimum atomic E-state index is -4.23. The molecule has 1 N–H and O–H groups in total. The van der Waals surface area contributed by atoms with Crippen LogP contribution in [0, 0.1) is 6.92 Å². The Morgan fingerprint density at radius 3 is 2.39 bits per heavy atom. The number of carbonyl (C=O) groups is 1. The quantitative estimate of drug-likeness (QED) is 0.454. The molecule has 0 aliphatic rings. The van der Waals surface area contributed by atoms with Crippen molar-refractivity contribution in [3.05, 3.63) is 76.3 Å². The second-order valence-corrected chi connectivity index (χ2v) is 9.69. The van der Waals surface area contributed by atoms with Crippen LogP contribution in [-0.2, 0) is 14.8 Å². The van der Waals surface area contributed by atoms with Crippen LogP contribution in [0.25, 0.3) is 0 Å². The highest BCUT2D eigenvalue weighted by Gasteiger charge is 2.30.